The highest BCUT2D eigenvalue weighted by atomic mass is 35.5. The van der Waals surface area contributed by atoms with Crippen molar-refractivity contribution in [3.8, 4) is 0 Å². The molecular formula is C20H18ClN5O. The van der Waals surface area contributed by atoms with Crippen molar-refractivity contribution in [2.24, 2.45) is 0 Å². The Bertz CT molecular complexity index is 1060. The van der Waals surface area contributed by atoms with Gasteiger partial charge in [0.2, 0.25) is 5.95 Å². The van der Waals surface area contributed by atoms with E-state index in [1.165, 1.54) is 11.8 Å². The number of H-pyrrole nitrogens is 1. The van der Waals surface area contributed by atoms with Crippen LogP contribution in [-0.2, 0) is 13.0 Å². The molecule has 136 valence electrons. The molecule has 1 amide bonds. The van der Waals surface area contributed by atoms with Crippen molar-refractivity contribution in [1.82, 2.24) is 19.7 Å². The lowest BCUT2D eigenvalue weighted by Crippen LogP contribution is -2.16. The number of nitrogens with one attached hydrogen (secondary N) is 2. The Labute approximate surface area is 161 Å². The van der Waals surface area contributed by atoms with E-state index in [0.717, 1.165) is 30.4 Å². The van der Waals surface area contributed by atoms with Crippen LogP contribution in [0.3, 0.4) is 0 Å². The normalized spacial score (nSPS) is 11.0. The van der Waals surface area contributed by atoms with E-state index in [2.05, 4.69) is 32.6 Å². The van der Waals surface area contributed by atoms with Crippen LogP contribution in [-0.4, -0.2) is 25.7 Å². The number of benzene rings is 2. The average Bonchev–Trinajstić information content (AvgIpc) is 3.31. The summed E-state index contributed by atoms with van der Waals surface area (Å²) in [5.74, 6) is 0.221. The van der Waals surface area contributed by atoms with Gasteiger partial charge >= 0.3 is 0 Å². The molecular weight excluding hydrogens is 362 g/mol. The van der Waals surface area contributed by atoms with Crippen molar-refractivity contribution in [2.75, 3.05) is 5.32 Å². The van der Waals surface area contributed by atoms with Gasteiger partial charge in [0.25, 0.3) is 5.91 Å². The number of carbonyl (C=O) groups is 1. The first-order valence-electron chi connectivity index (χ1n) is 8.71. The number of carbonyl (C=O) groups excluding carboxylic acids is 1. The number of aryl methyl sites for hydroxylation is 2. The smallest absolute Gasteiger partial charge is 0.275 e. The molecule has 27 heavy (non-hydrogen) atoms. The number of hydrogen-bond donors (Lipinski definition) is 2. The number of aromatic amines is 1. The van der Waals surface area contributed by atoms with E-state index < -0.39 is 0 Å². The maximum Gasteiger partial charge on any atom is 0.275 e. The Morgan fingerprint density at radius 1 is 1.15 bits per heavy atom. The minimum absolute atomic E-state index is 0.279. The molecule has 7 heteroatoms. The lowest BCUT2D eigenvalue weighted by atomic mass is 10.1. The van der Waals surface area contributed by atoms with Gasteiger partial charge in [0.15, 0.2) is 0 Å². The summed E-state index contributed by atoms with van der Waals surface area (Å²) < 4.78 is 2.02. The van der Waals surface area contributed by atoms with Crippen molar-refractivity contribution in [3.05, 3.63) is 77.1 Å². The maximum absolute atomic E-state index is 12.4. The molecule has 2 N–H and O–H groups in total. The molecule has 2 heterocycles. The Balaban J connectivity index is 1.59. The summed E-state index contributed by atoms with van der Waals surface area (Å²) in [6, 6.07) is 17.5. The number of fused-ring (bicyclic) bond motifs is 1. The Morgan fingerprint density at radius 3 is 2.78 bits per heavy atom. The number of halogens is 1. The van der Waals surface area contributed by atoms with Crippen LogP contribution in [0.1, 0.15) is 22.5 Å². The molecule has 0 aliphatic rings. The van der Waals surface area contributed by atoms with Gasteiger partial charge in [-0.1, -0.05) is 41.9 Å². The Hall–Kier alpha value is -3.12. The van der Waals surface area contributed by atoms with Crippen LogP contribution in [0.25, 0.3) is 11.0 Å². The fourth-order valence-corrected chi connectivity index (χ4v) is 3.23. The van der Waals surface area contributed by atoms with Crippen molar-refractivity contribution in [2.45, 2.75) is 19.4 Å². The second-order valence-corrected chi connectivity index (χ2v) is 6.67. The van der Waals surface area contributed by atoms with E-state index in [1.807, 2.05) is 34.9 Å². The number of nitrogens with zero attached hydrogens (tertiary/aromatic N) is 3. The summed E-state index contributed by atoms with van der Waals surface area (Å²) in [4.78, 5) is 17.0. The number of imidazole rings is 1. The first kappa shape index (κ1) is 17.3. The second kappa shape index (κ2) is 7.63. The zero-order valence-corrected chi connectivity index (χ0v) is 15.3. The molecule has 0 bridgehead atoms. The van der Waals surface area contributed by atoms with E-state index in [9.17, 15) is 4.79 Å². The number of hydrogen-bond acceptors (Lipinski definition) is 3. The van der Waals surface area contributed by atoms with Crippen LogP contribution in [0.15, 0.2) is 60.8 Å². The first-order valence-corrected chi connectivity index (χ1v) is 9.09. The van der Waals surface area contributed by atoms with Crippen molar-refractivity contribution in [1.29, 1.82) is 0 Å². The third-order valence-corrected chi connectivity index (χ3v) is 4.61. The van der Waals surface area contributed by atoms with Gasteiger partial charge in [-0.25, -0.2) is 4.98 Å². The van der Waals surface area contributed by atoms with Crippen LogP contribution < -0.4 is 5.32 Å². The minimum atomic E-state index is -0.279. The molecule has 0 radical (unpaired) electrons. The lowest BCUT2D eigenvalue weighted by Gasteiger charge is -2.10. The highest BCUT2D eigenvalue weighted by Gasteiger charge is 2.15. The van der Waals surface area contributed by atoms with Gasteiger partial charge in [-0.05, 0) is 42.7 Å². The van der Waals surface area contributed by atoms with E-state index in [4.69, 9.17) is 11.6 Å². The van der Waals surface area contributed by atoms with Gasteiger partial charge in [0.1, 0.15) is 5.69 Å². The van der Waals surface area contributed by atoms with Crippen molar-refractivity contribution in [3.63, 3.8) is 0 Å². The molecule has 6 nitrogen and oxygen atoms in total. The lowest BCUT2D eigenvalue weighted by molar-refractivity contribution is 0.102. The van der Waals surface area contributed by atoms with Gasteiger partial charge in [0.05, 0.1) is 11.0 Å². The minimum Gasteiger partial charge on any atom is -0.310 e. The predicted molar refractivity (Wildman–Crippen MR) is 106 cm³/mol. The zero-order chi connectivity index (χ0) is 18.6. The van der Waals surface area contributed by atoms with Crippen LogP contribution in [0.2, 0.25) is 5.02 Å². The fraction of sp³-hybridized carbons (Fsp3) is 0.150. The van der Waals surface area contributed by atoms with Gasteiger partial charge in [-0.3, -0.25) is 15.2 Å². The molecule has 0 unspecified atom stereocenters. The molecule has 0 spiro atoms. The molecule has 0 saturated heterocycles. The summed E-state index contributed by atoms with van der Waals surface area (Å²) in [7, 11) is 0. The molecule has 0 aliphatic heterocycles. The third-order valence-electron chi connectivity index (χ3n) is 4.37. The highest BCUT2D eigenvalue weighted by Crippen LogP contribution is 2.24. The highest BCUT2D eigenvalue weighted by molar-refractivity contribution is 6.31. The molecule has 2 aromatic carbocycles. The molecule has 4 rings (SSSR count). The molecule has 4 aromatic rings. The predicted octanol–water partition coefficient (Wildman–Crippen LogP) is 4.30. The first-order chi connectivity index (χ1) is 13.2. The Morgan fingerprint density at radius 2 is 2.00 bits per heavy atom. The second-order valence-electron chi connectivity index (χ2n) is 6.23. The monoisotopic (exact) mass is 379 g/mol. The maximum atomic E-state index is 12.4. The van der Waals surface area contributed by atoms with Crippen LogP contribution >= 0.6 is 11.6 Å². The number of anilines is 1. The van der Waals surface area contributed by atoms with Gasteiger partial charge < -0.3 is 4.57 Å². The Kier molecular flexibility index (Phi) is 4.89. The topological polar surface area (TPSA) is 75.6 Å². The van der Waals surface area contributed by atoms with Gasteiger partial charge in [0, 0.05) is 17.8 Å². The molecule has 2 aromatic heterocycles. The van der Waals surface area contributed by atoms with E-state index in [1.54, 1.807) is 12.1 Å². The quantitative estimate of drug-likeness (QED) is 0.524. The molecule has 0 aliphatic carbocycles. The summed E-state index contributed by atoms with van der Waals surface area (Å²) >= 11 is 6.10. The average molecular weight is 380 g/mol. The summed E-state index contributed by atoms with van der Waals surface area (Å²) in [6.45, 7) is 0.728. The summed E-state index contributed by atoms with van der Waals surface area (Å²) in [5.41, 5.74) is 3.36. The fourth-order valence-electron chi connectivity index (χ4n) is 3.06. The standard InChI is InChI=1S/C20H18ClN5O/c21-15-8-9-18-17(13-15)23-20(24-19(27)16-10-11-22-25-16)26(18)12-4-7-14-5-2-1-3-6-14/h1-3,5-6,8-11,13H,4,7,12H2,(H,22,25)(H,23,24,27). The van der Waals surface area contributed by atoms with Crippen molar-refractivity contribution >= 4 is 34.5 Å². The number of rotatable bonds is 6. The largest absolute Gasteiger partial charge is 0.310 e. The number of amides is 1. The van der Waals surface area contributed by atoms with E-state index in [-0.39, 0.29) is 5.91 Å². The third kappa shape index (κ3) is 3.85. The molecule has 0 atom stereocenters. The van der Waals surface area contributed by atoms with E-state index in [0.29, 0.717) is 16.7 Å². The van der Waals surface area contributed by atoms with Gasteiger partial charge in [-0.15, -0.1) is 0 Å². The SMILES string of the molecule is O=C(Nc1nc2cc(Cl)ccc2n1CCCc1ccccc1)c1ccn[nH]1. The van der Waals surface area contributed by atoms with Crippen LogP contribution in [0.4, 0.5) is 5.95 Å². The zero-order valence-electron chi connectivity index (χ0n) is 14.5. The van der Waals surface area contributed by atoms with E-state index >= 15 is 0 Å². The van der Waals surface area contributed by atoms with Crippen LogP contribution in [0, 0.1) is 0 Å². The van der Waals surface area contributed by atoms with Crippen LogP contribution in [0.5, 0.6) is 0 Å². The molecule has 0 fully saturated rings. The van der Waals surface area contributed by atoms with Gasteiger partial charge in [-0.2, -0.15) is 5.10 Å². The van der Waals surface area contributed by atoms with Crippen molar-refractivity contribution < 1.29 is 4.79 Å². The molecule has 0 saturated carbocycles. The summed E-state index contributed by atoms with van der Waals surface area (Å²) in [6.07, 6.45) is 3.41. The number of aromatic nitrogens is 4. The summed E-state index contributed by atoms with van der Waals surface area (Å²) in [5, 5.41) is 9.96.